The number of aromatic nitrogens is 2. The topological polar surface area (TPSA) is 70.4 Å². The molecule has 26 heavy (non-hydrogen) atoms. The maximum Gasteiger partial charge on any atom is 0.359 e. The Labute approximate surface area is 148 Å². The summed E-state index contributed by atoms with van der Waals surface area (Å²) >= 11 is 0. The Bertz CT molecular complexity index is 983. The molecule has 6 nitrogen and oxygen atoms in total. The molecule has 134 valence electrons. The minimum Gasteiger partial charge on any atom is -0.493 e. The molecule has 0 amide bonds. The highest BCUT2D eigenvalue weighted by molar-refractivity contribution is 6.02. The van der Waals surface area contributed by atoms with E-state index in [0.29, 0.717) is 29.5 Å². The second kappa shape index (κ2) is 7.77. The van der Waals surface area contributed by atoms with Crippen LogP contribution >= 0.6 is 0 Å². The highest BCUT2D eigenvalue weighted by atomic mass is 19.1. The molecule has 3 aromatic rings. The van der Waals surface area contributed by atoms with Gasteiger partial charge in [0.15, 0.2) is 5.69 Å². The van der Waals surface area contributed by atoms with Gasteiger partial charge in [0.05, 0.1) is 18.6 Å². The van der Waals surface area contributed by atoms with Gasteiger partial charge in [-0.3, -0.25) is 4.79 Å². The summed E-state index contributed by atoms with van der Waals surface area (Å²) in [6.45, 7) is 0.458. The van der Waals surface area contributed by atoms with E-state index >= 15 is 0 Å². The Hall–Kier alpha value is -3.22. The number of esters is 1. The molecule has 0 N–H and O–H groups in total. The van der Waals surface area contributed by atoms with Gasteiger partial charge < -0.3 is 9.47 Å². The number of hydrogen-bond acceptors (Lipinski definition) is 5. The van der Waals surface area contributed by atoms with Crippen molar-refractivity contribution in [3.8, 4) is 5.75 Å². The van der Waals surface area contributed by atoms with Gasteiger partial charge in [-0.15, -0.1) is 0 Å². The fourth-order valence-corrected chi connectivity index (χ4v) is 2.46. The zero-order valence-corrected chi connectivity index (χ0v) is 14.1. The smallest absolute Gasteiger partial charge is 0.359 e. The first-order valence-electron chi connectivity index (χ1n) is 8.08. The lowest BCUT2D eigenvalue weighted by Crippen LogP contribution is -2.24. The lowest BCUT2D eigenvalue weighted by atomic mass is 10.1. The quantitative estimate of drug-likeness (QED) is 0.502. The van der Waals surface area contributed by atoms with Crippen molar-refractivity contribution in [1.29, 1.82) is 0 Å². The summed E-state index contributed by atoms with van der Waals surface area (Å²) in [6.07, 6.45) is 0.465. The number of benzene rings is 2. The van der Waals surface area contributed by atoms with Gasteiger partial charge in [-0.25, -0.2) is 13.9 Å². The van der Waals surface area contributed by atoms with Crippen LogP contribution in [0.5, 0.6) is 5.75 Å². The zero-order chi connectivity index (χ0) is 18.5. The van der Waals surface area contributed by atoms with E-state index in [4.69, 9.17) is 9.47 Å². The minimum absolute atomic E-state index is 0.0992. The molecular weight excluding hydrogens is 339 g/mol. The van der Waals surface area contributed by atoms with Gasteiger partial charge in [0.2, 0.25) is 0 Å². The van der Waals surface area contributed by atoms with E-state index in [1.165, 1.54) is 31.3 Å². The monoisotopic (exact) mass is 356 g/mol. The van der Waals surface area contributed by atoms with Crippen molar-refractivity contribution in [2.24, 2.45) is 7.05 Å². The average molecular weight is 356 g/mol. The van der Waals surface area contributed by atoms with E-state index in [1.54, 1.807) is 24.3 Å². The number of carbonyl (C=O) groups is 1. The van der Waals surface area contributed by atoms with E-state index in [2.05, 4.69) is 5.10 Å². The first-order chi connectivity index (χ1) is 12.6. The van der Waals surface area contributed by atoms with Crippen LogP contribution in [0.3, 0.4) is 0 Å². The summed E-state index contributed by atoms with van der Waals surface area (Å²) in [5.74, 6) is -0.384. The standard InChI is InChI=1S/C19H17FN2O4/c1-22-18(23)16-6-3-2-5-15(16)17(21-22)19(24)26-12-4-11-25-14-9-7-13(20)8-10-14/h2-3,5-10H,4,11-12H2,1H3. The molecule has 0 aliphatic rings. The third-order valence-corrected chi connectivity index (χ3v) is 3.75. The molecule has 0 aliphatic carbocycles. The number of halogens is 1. The molecule has 0 atom stereocenters. The number of nitrogens with zero attached hydrogens (tertiary/aromatic N) is 2. The number of aryl methyl sites for hydroxylation is 1. The van der Waals surface area contributed by atoms with Gasteiger partial charge in [0, 0.05) is 18.9 Å². The summed E-state index contributed by atoms with van der Waals surface area (Å²) in [5, 5.41) is 4.89. The van der Waals surface area contributed by atoms with E-state index in [1.807, 2.05) is 0 Å². The predicted octanol–water partition coefficient (Wildman–Crippen LogP) is 2.70. The van der Waals surface area contributed by atoms with Crippen molar-refractivity contribution in [2.45, 2.75) is 6.42 Å². The van der Waals surface area contributed by atoms with Crippen molar-refractivity contribution in [3.05, 3.63) is 70.4 Å². The third-order valence-electron chi connectivity index (χ3n) is 3.75. The van der Waals surface area contributed by atoms with Crippen molar-refractivity contribution in [3.63, 3.8) is 0 Å². The lowest BCUT2D eigenvalue weighted by Gasteiger charge is -2.09. The summed E-state index contributed by atoms with van der Waals surface area (Å²) in [7, 11) is 1.49. The second-order valence-electron chi connectivity index (χ2n) is 5.61. The van der Waals surface area contributed by atoms with Gasteiger partial charge in [-0.2, -0.15) is 5.10 Å². The molecule has 0 fully saturated rings. The Balaban J connectivity index is 1.59. The fraction of sp³-hybridized carbons (Fsp3) is 0.211. The van der Waals surface area contributed by atoms with Crippen LogP contribution < -0.4 is 10.3 Å². The largest absolute Gasteiger partial charge is 0.493 e. The van der Waals surface area contributed by atoms with Crippen molar-refractivity contribution < 1.29 is 18.7 Å². The predicted molar refractivity (Wildman–Crippen MR) is 93.8 cm³/mol. The maximum absolute atomic E-state index is 12.8. The molecule has 0 spiro atoms. The molecule has 2 aromatic carbocycles. The Morgan fingerprint density at radius 3 is 2.50 bits per heavy atom. The second-order valence-corrected chi connectivity index (χ2v) is 5.61. The molecule has 7 heteroatoms. The molecule has 0 saturated carbocycles. The van der Waals surface area contributed by atoms with Crippen LogP contribution in [0.15, 0.2) is 53.3 Å². The number of hydrogen-bond donors (Lipinski definition) is 0. The highest BCUT2D eigenvalue weighted by Gasteiger charge is 2.16. The van der Waals surface area contributed by atoms with Crippen molar-refractivity contribution in [2.75, 3.05) is 13.2 Å². The van der Waals surface area contributed by atoms with E-state index in [-0.39, 0.29) is 23.7 Å². The molecule has 0 aliphatic heterocycles. The first kappa shape index (κ1) is 17.6. The molecule has 3 rings (SSSR count). The molecule has 1 heterocycles. The van der Waals surface area contributed by atoms with Crippen LogP contribution in [0.4, 0.5) is 4.39 Å². The van der Waals surface area contributed by atoms with Crippen LogP contribution in [0.1, 0.15) is 16.9 Å². The highest BCUT2D eigenvalue weighted by Crippen LogP contribution is 2.14. The van der Waals surface area contributed by atoms with Crippen LogP contribution in [0.2, 0.25) is 0 Å². The molecule has 0 bridgehead atoms. The number of rotatable bonds is 6. The number of carbonyl (C=O) groups excluding carboxylic acids is 1. The summed E-state index contributed by atoms with van der Waals surface area (Å²) in [5.41, 5.74) is -0.174. The summed E-state index contributed by atoms with van der Waals surface area (Å²) in [4.78, 5) is 24.4. The zero-order valence-electron chi connectivity index (χ0n) is 14.1. The number of ether oxygens (including phenoxy) is 2. The van der Waals surface area contributed by atoms with Crippen molar-refractivity contribution in [1.82, 2.24) is 9.78 Å². The van der Waals surface area contributed by atoms with E-state index in [9.17, 15) is 14.0 Å². The normalized spacial score (nSPS) is 10.7. The molecular formula is C19H17FN2O4. The maximum atomic E-state index is 12.8. The van der Waals surface area contributed by atoms with E-state index < -0.39 is 5.97 Å². The van der Waals surface area contributed by atoms with Gasteiger partial charge in [-0.1, -0.05) is 18.2 Å². The molecule has 0 radical (unpaired) electrons. The first-order valence-corrected chi connectivity index (χ1v) is 8.08. The lowest BCUT2D eigenvalue weighted by molar-refractivity contribution is 0.0479. The van der Waals surface area contributed by atoms with Gasteiger partial charge in [0.1, 0.15) is 11.6 Å². The fourth-order valence-electron chi connectivity index (χ4n) is 2.46. The Kier molecular flexibility index (Phi) is 5.26. The third kappa shape index (κ3) is 3.88. The summed E-state index contributed by atoms with van der Waals surface area (Å²) < 4.78 is 24.6. The molecule has 0 unspecified atom stereocenters. The molecule has 0 saturated heterocycles. The average Bonchev–Trinajstić information content (AvgIpc) is 2.65. The van der Waals surface area contributed by atoms with Crippen molar-refractivity contribution >= 4 is 16.7 Å². The van der Waals surface area contributed by atoms with Crippen LogP contribution in [-0.4, -0.2) is 29.0 Å². The minimum atomic E-state index is -0.599. The van der Waals surface area contributed by atoms with Crippen LogP contribution in [0.25, 0.3) is 10.8 Å². The van der Waals surface area contributed by atoms with Crippen LogP contribution in [0, 0.1) is 5.82 Å². The summed E-state index contributed by atoms with van der Waals surface area (Å²) in [6, 6.07) is 12.5. The number of fused-ring (bicyclic) bond motifs is 1. The Morgan fingerprint density at radius 1 is 1.08 bits per heavy atom. The van der Waals surface area contributed by atoms with E-state index in [0.717, 1.165) is 4.68 Å². The van der Waals surface area contributed by atoms with Crippen LogP contribution in [-0.2, 0) is 11.8 Å². The Morgan fingerprint density at radius 2 is 1.77 bits per heavy atom. The molecule has 1 aromatic heterocycles. The SMILES string of the molecule is Cn1nc(C(=O)OCCCOc2ccc(F)cc2)c2ccccc2c1=O. The van der Waals surface area contributed by atoms with Gasteiger partial charge in [0.25, 0.3) is 5.56 Å². The van der Waals surface area contributed by atoms with Gasteiger partial charge in [-0.05, 0) is 30.3 Å². The van der Waals surface area contributed by atoms with Gasteiger partial charge >= 0.3 is 5.97 Å².